The van der Waals surface area contributed by atoms with E-state index in [0.29, 0.717) is 12.5 Å². The number of rotatable bonds is 5. The zero-order valence-corrected chi connectivity index (χ0v) is 12.8. The van der Waals surface area contributed by atoms with Crippen molar-refractivity contribution in [2.45, 2.75) is 33.7 Å². The monoisotopic (exact) mass is 298 g/mol. The molecule has 110 valence electrons. The molecular formula is C14H19ClN2O3. The molecule has 0 spiro atoms. The van der Waals surface area contributed by atoms with Crippen LogP contribution in [0.5, 0.6) is 0 Å². The SMILES string of the molecule is CC(C)CN(C(=O)c1cc([N+](=O)[O-])ccc1Cl)C(C)C. The molecule has 1 aromatic rings. The van der Waals surface area contributed by atoms with Crippen LogP contribution >= 0.6 is 11.6 Å². The number of carbonyl (C=O) groups is 1. The molecule has 0 N–H and O–H groups in total. The van der Waals surface area contributed by atoms with Crippen molar-refractivity contribution in [3.8, 4) is 0 Å². The molecule has 0 aliphatic carbocycles. The summed E-state index contributed by atoms with van der Waals surface area (Å²) in [6.07, 6.45) is 0. The lowest BCUT2D eigenvalue weighted by atomic mass is 10.1. The Bertz CT molecular complexity index is 515. The molecule has 0 bridgehead atoms. The Balaban J connectivity index is 3.17. The number of hydrogen-bond acceptors (Lipinski definition) is 3. The largest absolute Gasteiger partial charge is 0.336 e. The lowest BCUT2D eigenvalue weighted by Crippen LogP contribution is -2.39. The van der Waals surface area contributed by atoms with E-state index in [1.165, 1.54) is 18.2 Å². The molecule has 0 aliphatic rings. The highest BCUT2D eigenvalue weighted by Crippen LogP contribution is 2.24. The summed E-state index contributed by atoms with van der Waals surface area (Å²) >= 11 is 6.01. The highest BCUT2D eigenvalue weighted by molar-refractivity contribution is 6.33. The number of nitro groups is 1. The van der Waals surface area contributed by atoms with Gasteiger partial charge in [-0.3, -0.25) is 14.9 Å². The van der Waals surface area contributed by atoms with Gasteiger partial charge in [-0.25, -0.2) is 0 Å². The van der Waals surface area contributed by atoms with Crippen LogP contribution in [0.25, 0.3) is 0 Å². The smallest absolute Gasteiger partial charge is 0.270 e. The first kappa shape index (κ1) is 16.4. The molecule has 0 aromatic heterocycles. The van der Waals surface area contributed by atoms with E-state index in [0.717, 1.165) is 0 Å². The second-order valence-corrected chi connectivity index (χ2v) is 5.77. The van der Waals surface area contributed by atoms with Gasteiger partial charge >= 0.3 is 0 Å². The van der Waals surface area contributed by atoms with Crippen LogP contribution in [0.3, 0.4) is 0 Å². The van der Waals surface area contributed by atoms with Crippen molar-refractivity contribution in [2.24, 2.45) is 5.92 Å². The minimum atomic E-state index is -0.532. The lowest BCUT2D eigenvalue weighted by molar-refractivity contribution is -0.384. The van der Waals surface area contributed by atoms with Gasteiger partial charge in [0, 0.05) is 24.7 Å². The van der Waals surface area contributed by atoms with Crippen LogP contribution in [0.15, 0.2) is 18.2 Å². The quantitative estimate of drug-likeness (QED) is 0.614. The molecule has 0 saturated heterocycles. The number of amides is 1. The number of nitrogens with zero attached hydrogens (tertiary/aromatic N) is 2. The van der Waals surface area contributed by atoms with Gasteiger partial charge < -0.3 is 4.90 Å². The van der Waals surface area contributed by atoms with Crippen molar-refractivity contribution in [3.63, 3.8) is 0 Å². The number of hydrogen-bond donors (Lipinski definition) is 0. The van der Waals surface area contributed by atoms with Crippen LogP contribution in [-0.2, 0) is 0 Å². The topological polar surface area (TPSA) is 63.5 Å². The summed E-state index contributed by atoms with van der Waals surface area (Å²) in [5, 5.41) is 11.0. The Labute approximate surface area is 123 Å². The molecule has 0 heterocycles. The minimum absolute atomic E-state index is 0.000212. The average Bonchev–Trinajstić information content (AvgIpc) is 2.34. The van der Waals surface area contributed by atoms with E-state index in [-0.39, 0.29) is 28.2 Å². The van der Waals surface area contributed by atoms with Gasteiger partial charge in [0.25, 0.3) is 11.6 Å². The Morgan fingerprint density at radius 2 is 1.95 bits per heavy atom. The summed E-state index contributed by atoms with van der Waals surface area (Å²) in [5.41, 5.74) is 0.0428. The zero-order chi connectivity index (χ0) is 15.4. The lowest BCUT2D eigenvalue weighted by Gasteiger charge is -2.28. The molecule has 0 unspecified atom stereocenters. The first-order valence-electron chi connectivity index (χ1n) is 6.49. The Morgan fingerprint density at radius 1 is 1.35 bits per heavy atom. The second kappa shape index (κ2) is 6.70. The number of halogens is 1. The highest BCUT2D eigenvalue weighted by Gasteiger charge is 2.23. The number of benzene rings is 1. The summed E-state index contributed by atoms with van der Waals surface area (Å²) in [6.45, 7) is 8.42. The predicted octanol–water partition coefficient (Wildman–Crippen LogP) is 3.75. The van der Waals surface area contributed by atoms with Crippen LogP contribution in [0, 0.1) is 16.0 Å². The average molecular weight is 299 g/mol. The van der Waals surface area contributed by atoms with E-state index >= 15 is 0 Å². The van der Waals surface area contributed by atoms with Crippen molar-refractivity contribution >= 4 is 23.2 Å². The third-order valence-electron chi connectivity index (χ3n) is 2.84. The fourth-order valence-corrected chi connectivity index (χ4v) is 2.07. The first-order valence-corrected chi connectivity index (χ1v) is 6.86. The van der Waals surface area contributed by atoms with Crippen LogP contribution in [0.1, 0.15) is 38.1 Å². The van der Waals surface area contributed by atoms with Crippen molar-refractivity contribution < 1.29 is 9.72 Å². The standard InChI is InChI=1S/C14H19ClN2O3/c1-9(2)8-16(10(3)4)14(18)12-7-11(17(19)20)5-6-13(12)15/h5-7,9-10H,8H2,1-4H3. The maximum atomic E-state index is 12.5. The van der Waals surface area contributed by atoms with E-state index in [4.69, 9.17) is 11.6 Å². The van der Waals surface area contributed by atoms with E-state index in [1.54, 1.807) is 4.90 Å². The summed E-state index contributed by atoms with van der Waals surface area (Å²) in [5.74, 6) is 0.0289. The number of non-ortho nitro benzene ring substituents is 1. The molecule has 1 aromatic carbocycles. The molecule has 1 amide bonds. The van der Waals surface area contributed by atoms with Gasteiger partial charge in [0.15, 0.2) is 0 Å². The summed E-state index contributed by atoms with van der Waals surface area (Å²) in [6, 6.07) is 3.92. The Hall–Kier alpha value is -1.62. The maximum Gasteiger partial charge on any atom is 0.270 e. The molecule has 5 nitrogen and oxygen atoms in total. The van der Waals surface area contributed by atoms with Gasteiger partial charge in [-0.15, -0.1) is 0 Å². The second-order valence-electron chi connectivity index (χ2n) is 5.37. The maximum absolute atomic E-state index is 12.5. The fraction of sp³-hybridized carbons (Fsp3) is 0.500. The van der Waals surface area contributed by atoms with Gasteiger partial charge in [-0.05, 0) is 25.8 Å². The van der Waals surface area contributed by atoms with Crippen LogP contribution in [0.2, 0.25) is 5.02 Å². The molecular weight excluding hydrogens is 280 g/mol. The van der Waals surface area contributed by atoms with Crippen LogP contribution in [-0.4, -0.2) is 28.3 Å². The Kier molecular flexibility index (Phi) is 5.51. The predicted molar refractivity (Wildman–Crippen MR) is 79.1 cm³/mol. The molecule has 0 saturated carbocycles. The molecule has 6 heteroatoms. The molecule has 1 rings (SSSR count). The van der Waals surface area contributed by atoms with Gasteiger partial charge in [0.2, 0.25) is 0 Å². The van der Waals surface area contributed by atoms with Crippen LogP contribution < -0.4 is 0 Å². The summed E-state index contributed by atoms with van der Waals surface area (Å²) in [7, 11) is 0. The molecule has 20 heavy (non-hydrogen) atoms. The molecule has 0 radical (unpaired) electrons. The summed E-state index contributed by atoms with van der Waals surface area (Å²) in [4.78, 5) is 24.5. The van der Waals surface area contributed by atoms with E-state index in [2.05, 4.69) is 0 Å². The van der Waals surface area contributed by atoms with Crippen molar-refractivity contribution in [3.05, 3.63) is 38.9 Å². The molecule has 0 aliphatic heterocycles. The van der Waals surface area contributed by atoms with E-state index in [1.807, 2.05) is 27.7 Å². The minimum Gasteiger partial charge on any atom is -0.336 e. The zero-order valence-electron chi connectivity index (χ0n) is 12.1. The fourth-order valence-electron chi connectivity index (χ4n) is 1.87. The van der Waals surface area contributed by atoms with Crippen molar-refractivity contribution in [1.82, 2.24) is 4.90 Å². The van der Waals surface area contributed by atoms with E-state index in [9.17, 15) is 14.9 Å². The first-order chi connectivity index (χ1) is 9.23. The third-order valence-corrected chi connectivity index (χ3v) is 3.17. The van der Waals surface area contributed by atoms with Gasteiger partial charge in [0.1, 0.15) is 0 Å². The summed E-state index contributed by atoms with van der Waals surface area (Å²) < 4.78 is 0. The van der Waals surface area contributed by atoms with Crippen molar-refractivity contribution in [2.75, 3.05) is 6.54 Å². The Morgan fingerprint density at radius 3 is 2.40 bits per heavy atom. The molecule has 0 atom stereocenters. The van der Waals surface area contributed by atoms with E-state index < -0.39 is 4.92 Å². The highest BCUT2D eigenvalue weighted by atomic mass is 35.5. The van der Waals surface area contributed by atoms with Gasteiger partial charge in [0.05, 0.1) is 15.5 Å². The number of nitro benzene ring substituents is 1. The third kappa shape index (κ3) is 3.93. The van der Waals surface area contributed by atoms with Crippen LogP contribution in [0.4, 0.5) is 5.69 Å². The van der Waals surface area contributed by atoms with Crippen molar-refractivity contribution in [1.29, 1.82) is 0 Å². The molecule has 0 fully saturated rings. The normalized spacial score (nSPS) is 10.9. The van der Waals surface area contributed by atoms with Gasteiger partial charge in [-0.1, -0.05) is 25.4 Å². The van der Waals surface area contributed by atoms with Gasteiger partial charge in [-0.2, -0.15) is 0 Å². The number of carbonyl (C=O) groups excluding carboxylic acids is 1.